The molecule has 0 fully saturated rings. The molecule has 0 aliphatic rings. The molecule has 0 saturated carbocycles. The Kier molecular flexibility index (Phi) is 5.17. The molecule has 2 rings (SSSR count). The average Bonchev–Trinajstić information content (AvgIpc) is 2.43. The second-order valence-corrected chi connectivity index (χ2v) is 6.22. The van der Waals surface area contributed by atoms with Crippen molar-refractivity contribution in [3.05, 3.63) is 58.1 Å². The van der Waals surface area contributed by atoms with E-state index in [1.165, 1.54) is 5.56 Å². The van der Waals surface area contributed by atoms with E-state index < -0.39 is 0 Å². The lowest BCUT2D eigenvalue weighted by atomic mass is 10.1. The molecule has 0 aliphatic heterocycles. The summed E-state index contributed by atoms with van der Waals surface area (Å²) in [7, 11) is 0. The number of hydrogen-bond acceptors (Lipinski definition) is 2. The summed E-state index contributed by atoms with van der Waals surface area (Å²) in [5.74, 6) is 0. The summed E-state index contributed by atoms with van der Waals surface area (Å²) in [5.41, 5.74) is 7.16. The highest BCUT2D eigenvalue weighted by Gasteiger charge is 2.05. The van der Waals surface area contributed by atoms with Crippen LogP contribution in [0, 0.1) is 0 Å². The van der Waals surface area contributed by atoms with Gasteiger partial charge in [0.05, 0.1) is 10.0 Å². The van der Waals surface area contributed by atoms with Gasteiger partial charge in [0.1, 0.15) is 0 Å². The monoisotopic (exact) mass is 311 g/mol. The largest absolute Gasteiger partial charge is 0.324 e. The molecule has 0 unspecified atom stereocenters. The van der Waals surface area contributed by atoms with E-state index in [4.69, 9.17) is 28.9 Å². The van der Waals surface area contributed by atoms with Crippen molar-refractivity contribution in [1.82, 2.24) is 0 Å². The van der Waals surface area contributed by atoms with Crippen molar-refractivity contribution in [1.29, 1.82) is 0 Å². The quantitative estimate of drug-likeness (QED) is 0.800. The molecule has 2 aromatic carbocycles. The van der Waals surface area contributed by atoms with Crippen LogP contribution in [0.1, 0.15) is 24.9 Å². The third kappa shape index (κ3) is 3.90. The molecule has 1 atom stereocenters. The van der Waals surface area contributed by atoms with E-state index in [9.17, 15) is 0 Å². The van der Waals surface area contributed by atoms with E-state index >= 15 is 0 Å². The fraction of sp³-hybridized carbons (Fsp3) is 0.200. The fourth-order valence-corrected chi connectivity index (χ4v) is 2.92. The smallest absolute Gasteiger partial charge is 0.0603 e. The predicted molar refractivity (Wildman–Crippen MR) is 84.2 cm³/mol. The standard InChI is InChI=1S/C15H15Cl2NS/c1-2-15(18)10-3-5-11(6-4-10)19-12-7-8-13(16)14(17)9-12/h3-9,15H,2,18H2,1H3/t15-/m0/s1. The summed E-state index contributed by atoms with van der Waals surface area (Å²) < 4.78 is 0. The Bertz CT molecular complexity index is 555. The second-order valence-electron chi connectivity index (χ2n) is 4.26. The molecule has 0 amide bonds. The van der Waals surface area contributed by atoms with Crippen molar-refractivity contribution in [2.75, 3.05) is 0 Å². The third-order valence-corrected chi connectivity index (χ3v) is 4.61. The van der Waals surface area contributed by atoms with Gasteiger partial charge in [-0.1, -0.05) is 54.0 Å². The number of nitrogens with two attached hydrogens (primary N) is 1. The molecule has 0 heterocycles. The summed E-state index contributed by atoms with van der Waals surface area (Å²) in [6, 6.07) is 14.1. The van der Waals surface area contributed by atoms with Gasteiger partial charge < -0.3 is 5.73 Å². The average molecular weight is 312 g/mol. The van der Waals surface area contributed by atoms with Gasteiger partial charge in [-0.3, -0.25) is 0 Å². The van der Waals surface area contributed by atoms with Crippen LogP contribution >= 0.6 is 35.0 Å². The molecular formula is C15H15Cl2NS. The number of hydrogen-bond donors (Lipinski definition) is 1. The summed E-state index contributed by atoms with van der Waals surface area (Å²) in [6.45, 7) is 2.09. The minimum absolute atomic E-state index is 0.115. The Labute approximate surface area is 128 Å². The van der Waals surface area contributed by atoms with Crippen molar-refractivity contribution in [2.45, 2.75) is 29.2 Å². The van der Waals surface area contributed by atoms with Crippen LogP contribution in [-0.4, -0.2) is 0 Å². The van der Waals surface area contributed by atoms with Crippen LogP contribution in [-0.2, 0) is 0 Å². The molecule has 0 spiro atoms. The fourth-order valence-electron chi connectivity index (χ4n) is 1.70. The van der Waals surface area contributed by atoms with Crippen LogP contribution in [0.3, 0.4) is 0 Å². The summed E-state index contributed by atoms with van der Waals surface area (Å²) >= 11 is 13.6. The molecule has 19 heavy (non-hydrogen) atoms. The zero-order valence-corrected chi connectivity index (χ0v) is 12.9. The van der Waals surface area contributed by atoms with Crippen molar-refractivity contribution in [3.63, 3.8) is 0 Å². The van der Waals surface area contributed by atoms with Crippen LogP contribution in [0.25, 0.3) is 0 Å². The van der Waals surface area contributed by atoms with Gasteiger partial charge in [-0.25, -0.2) is 0 Å². The molecule has 0 bridgehead atoms. The van der Waals surface area contributed by atoms with Crippen molar-refractivity contribution in [2.24, 2.45) is 5.73 Å². The molecule has 2 aromatic rings. The van der Waals surface area contributed by atoms with E-state index in [-0.39, 0.29) is 6.04 Å². The maximum atomic E-state index is 6.00. The van der Waals surface area contributed by atoms with Gasteiger partial charge in [-0.05, 0) is 42.3 Å². The van der Waals surface area contributed by atoms with Crippen LogP contribution in [0.2, 0.25) is 10.0 Å². The number of halogens is 2. The lowest BCUT2D eigenvalue weighted by Crippen LogP contribution is -2.07. The van der Waals surface area contributed by atoms with E-state index in [0.717, 1.165) is 16.2 Å². The van der Waals surface area contributed by atoms with E-state index in [0.29, 0.717) is 10.0 Å². The minimum atomic E-state index is 0.115. The van der Waals surface area contributed by atoms with E-state index in [1.54, 1.807) is 11.8 Å². The summed E-state index contributed by atoms with van der Waals surface area (Å²) in [4.78, 5) is 2.23. The lowest BCUT2D eigenvalue weighted by Gasteiger charge is -2.10. The first kappa shape index (κ1) is 14.7. The minimum Gasteiger partial charge on any atom is -0.324 e. The maximum absolute atomic E-state index is 6.00. The first-order valence-corrected chi connectivity index (χ1v) is 7.66. The Balaban J connectivity index is 2.12. The van der Waals surface area contributed by atoms with Crippen LogP contribution in [0.15, 0.2) is 52.3 Å². The Morgan fingerprint density at radius 3 is 2.21 bits per heavy atom. The first-order chi connectivity index (χ1) is 9.10. The van der Waals surface area contributed by atoms with Crippen molar-refractivity contribution in [3.8, 4) is 0 Å². The first-order valence-electron chi connectivity index (χ1n) is 6.08. The molecule has 0 radical (unpaired) electrons. The second kappa shape index (κ2) is 6.67. The highest BCUT2D eigenvalue weighted by atomic mass is 35.5. The molecule has 1 nitrogen and oxygen atoms in total. The zero-order chi connectivity index (χ0) is 13.8. The molecule has 0 saturated heterocycles. The van der Waals surface area contributed by atoms with Gasteiger partial charge in [-0.15, -0.1) is 0 Å². The van der Waals surface area contributed by atoms with Gasteiger partial charge in [0.25, 0.3) is 0 Å². The van der Waals surface area contributed by atoms with Crippen molar-refractivity contribution < 1.29 is 0 Å². The topological polar surface area (TPSA) is 26.0 Å². The van der Waals surface area contributed by atoms with Gasteiger partial charge in [0.2, 0.25) is 0 Å². The van der Waals surface area contributed by atoms with E-state index in [2.05, 4.69) is 31.2 Å². The van der Waals surface area contributed by atoms with E-state index in [1.807, 2.05) is 18.2 Å². The molecule has 4 heteroatoms. The van der Waals surface area contributed by atoms with Gasteiger partial charge in [0.15, 0.2) is 0 Å². The van der Waals surface area contributed by atoms with Crippen LogP contribution < -0.4 is 5.73 Å². The molecule has 0 aromatic heterocycles. The molecule has 100 valence electrons. The van der Waals surface area contributed by atoms with Crippen LogP contribution in [0.5, 0.6) is 0 Å². The van der Waals surface area contributed by atoms with Gasteiger partial charge >= 0.3 is 0 Å². The Morgan fingerprint density at radius 1 is 1.00 bits per heavy atom. The summed E-state index contributed by atoms with van der Waals surface area (Å²) in [5, 5.41) is 1.16. The number of rotatable bonds is 4. The normalized spacial score (nSPS) is 12.4. The Morgan fingerprint density at radius 2 is 1.63 bits per heavy atom. The highest BCUT2D eigenvalue weighted by molar-refractivity contribution is 7.99. The van der Waals surface area contributed by atoms with Crippen LogP contribution in [0.4, 0.5) is 0 Å². The van der Waals surface area contributed by atoms with Gasteiger partial charge in [-0.2, -0.15) is 0 Å². The van der Waals surface area contributed by atoms with Gasteiger partial charge in [0, 0.05) is 15.8 Å². The molecule has 0 aliphatic carbocycles. The zero-order valence-electron chi connectivity index (χ0n) is 10.6. The predicted octanol–water partition coefficient (Wildman–Crippen LogP) is 5.55. The maximum Gasteiger partial charge on any atom is 0.0603 e. The Hall–Kier alpha value is -0.670. The summed E-state index contributed by atoms with van der Waals surface area (Å²) in [6.07, 6.45) is 0.944. The SMILES string of the molecule is CC[C@H](N)c1ccc(Sc2ccc(Cl)c(Cl)c2)cc1. The molecular weight excluding hydrogens is 297 g/mol. The lowest BCUT2D eigenvalue weighted by molar-refractivity contribution is 0.698. The van der Waals surface area contributed by atoms with Crippen molar-refractivity contribution >= 4 is 35.0 Å². The third-order valence-electron chi connectivity index (χ3n) is 2.87. The molecule has 2 N–H and O–H groups in total. The highest BCUT2D eigenvalue weighted by Crippen LogP contribution is 2.32. The number of benzene rings is 2.